The van der Waals surface area contributed by atoms with Crippen molar-refractivity contribution in [3.63, 3.8) is 0 Å². The number of nitrogens with one attached hydrogen (secondary N) is 1. The van der Waals surface area contributed by atoms with E-state index in [0.717, 1.165) is 16.8 Å². The van der Waals surface area contributed by atoms with E-state index in [-0.39, 0.29) is 0 Å². The Kier molecular flexibility index (Phi) is 6.93. The van der Waals surface area contributed by atoms with Crippen LogP contribution in [-0.2, 0) is 19.7 Å². The lowest BCUT2D eigenvalue weighted by atomic mass is 10.1. The number of halogens is 2. The van der Waals surface area contributed by atoms with E-state index in [1.54, 1.807) is 25.4 Å². The Morgan fingerprint density at radius 3 is 2.59 bits per heavy atom. The van der Waals surface area contributed by atoms with Crippen molar-refractivity contribution in [1.29, 1.82) is 0 Å². The second-order valence-electron chi connectivity index (χ2n) is 5.90. The Hall–Kier alpha value is -2.27. The maximum absolute atomic E-state index is 6.25. The number of methoxy groups -OCH3 is 1. The fourth-order valence-electron chi connectivity index (χ4n) is 2.64. The number of hydrogen-bond donors (Lipinski definition) is 1. The van der Waals surface area contributed by atoms with Crippen molar-refractivity contribution in [2.24, 2.45) is 0 Å². The van der Waals surface area contributed by atoms with Crippen LogP contribution in [0, 0.1) is 0 Å². The predicted octanol–water partition coefficient (Wildman–Crippen LogP) is 5.27. The van der Waals surface area contributed by atoms with E-state index in [4.69, 9.17) is 32.7 Å². The van der Waals surface area contributed by atoms with E-state index in [1.165, 1.54) is 0 Å². The molecular weight excluding hydrogens is 383 g/mol. The van der Waals surface area contributed by atoms with Crippen molar-refractivity contribution >= 4 is 23.2 Å². The highest BCUT2D eigenvalue weighted by atomic mass is 35.5. The van der Waals surface area contributed by atoms with Gasteiger partial charge in [0, 0.05) is 40.5 Å². The van der Waals surface area contributed by atoms with Crippen LogP contribution in [0.25, 0.3) is 0 Å². The van der Waals surface area contributed by atoms with Crippen LogP contribution in [0.4, 0.5) is 0 Å². The number of nitrogens with zero attached hydrogens (tertiary/aromatic N) is 1. The molecule has 0 aliphatic heterocycles. The fourth-order valence-corrected chi connectivity index (χ4v) is 3.10. The average molecular weight is 403 g/mol. The average Bonchev–Trinajstić information content (AvgIpc) is 2.68. The van der Waals surface area contributed by atoms with Crippen LogP contribution in [0.1, 0.15) is 16.8 Å². The number of benzene rings is 2. The standard InChI is InChI=1S/C21H20Cl2N2O2/c1-26-20-7-4-5-15(12-24-13-18-6-2-3-10-25-18)21(20)27-14-16-8-9-17(22)11-19(16)23/h2-11,24H,12-14H2,1H3. The summed E-state index contributed by atoms with van der Waals surface area (Å²) in [6.45, 7) is 1.61. The maximum atomic E-state index is 6.25. The second-order valence-corrected chi connectivity index (χ2v) is 6.74. The summed E-state index contributed by atoms with van der Waals surface area (Å²) >= 11 is 12.2. The molecule has 1 aromatic heterocycles. The van der Waals surface area contributed by atoms with Crippen molar-refractivity contribution in [2.75, 3.05) is 7.11 Å². The lowest BCUT2D eigenvalue weighted by molar-refractivity contribution is 0.280. The van der Waals surface area contributed by atoms with E-state index < -0.39 is 0 Å². The van der Waals surface area contributed by atoms with Gasteiger partial charge in [0.2, 0.25) is 0 Å². The molecule has 0 aliphatic rings. The molecule has 4 nitrogen and oxygen atoms in total. The predicted molar refractivity (Wildman–Crippen MR) is 109 cm³/mol. The molecule has 1 heterocycles. The van der Waals surface area contributed by atoms with E-state index in [1.807, 2.05) is 42.5 Å². The van der Waals surface area contributed by atoms with Gasteiger partial charge < -0.3 is 14.8 Å². The summed E-state index contributed by atoms with van der Waals surface area (Å²) in [7, 11) is 1.63. The van der Waals surface area contributed by atoms with Gasteiger partial charge in [-0.25, -0.2) is 0 Å². The first-order valence-corrected chi connectivity index (χ1v) is 9.26. The molecule has 140 valence electrons. The minimum Gasteiger partial charge on any atom is -0.493 e. The maximum Gasteiger partial charge on any atom is 0.166 e. The van der Waals surface area contributed by atoms with Gasteiger partial charge in [-0.2, -0.15) is 0 Å². The number of para-hydroxylation sites is 1. The molecule has 0 amide bonds. The summed E-state index contributed by atoms with van der Waals surface area (Å²) in [5.74, 6) is 1.37. The van der Waals surface area contributed by atoms with Crippen LogP contribution in [-0.4, -0.2) is 12.1 Å². The molecule has 0 saturated carbocycles. The largest absolute Gasteiger partial charge is 0.493 e. The van der Waals surface area contributed by atoms with Gasteiger partial charge in [0.1, 0.15) is 6.61 Å². The Labute approximate surface area is 169 Å². The van der Waals surface area contributed by atoms with Crippen LogP contribution in [0.2, 0.25) is 10.0 Å². The van der Waals surface area contributed by atoms with Gasteiger partial charge in [-0.05, 0) is 30.3 Å². The zero-order chi connectivity index (χ0) is 19.1. The lowest BCUT2D eigenvalue weighted by Gasteiger charge is -2.16. The van der Waals surface area contributed by atoms with E-state index in [9.17, 15) is 0 Å². The number of ether oxygens (including phenoxy) is 2. The van der Waals surface area contributed by atoms with Crippen LogP contribution in [0.3, 0.4) is 0 Å². The van der Waals surface area contributed by atoms with Gasteiger partial charge in [0.15, 0.2) is 11.5 Å². The van der Waals surface area contributed by atoms with Crippen molar-refractivity contribution in [2.45, 2.75) is 19.7 Å². The smallest absolute Gasteiger partial charge is 0.166 e. The summed E-state index contributed by atoms with van der Waals surface area (Å²) in [5.41, 5.74) is 2.84. The summed E-state index contributed by atoms with van der Waals surface area (Å²) in [4.78, 5) is 4.31. The Balaban J connectivity index is 1.71. The monoisotopic (exact) mass is 402 g/mol. The zero-order valence-corrected chi connectivity index (χ0v) is 16.4. The van der Waals surface area contributed by atoms with Crippen molar-refractivity contribution in [3.05, 3.63) is 87.7 Å². The summed E-state index contributed by atoms with van der Waals surface area (Å²) in [6, 6.07) is 17.0. The van der Waals surface area contributed by atoms with E-state index >= 15 is 0 Å². The second kappa shape index (κ2) is 9.60. The first-order chi connectivity index (χ1) is 13.2. The SMILES string of the molecule is COc1cccc(CNCc2ccccn2)c1OCc1ccc(Cl)cc1Cl. The van der Waals surface area contributed by atoms with Crippen LogP contribution < -0.4 is 14.8 Å². The molecule has 0 unspecified atom stereocenters. The molecule has 0 saturated heterocycles. The third kappa shape index (κ3) is 5.36. The molecule has 0 aliphatic carbocycles. The number of rotatable bonds is 8. The van der Waals surface area contributed by atoms with Crippen molar-refractivity contribution in [3.8, 4) is 11.5 Å². The zero-order valence-electron chi connectivity index (χ0n) is 14.9. The number of pyridine rings is 1. The first-order valence-electron chi connectivity index (χ1n) is 8.50. The number of hydrogen-bond acceptors (Lipinski definition) is 4. The Morgan fingerprint density at radius 2 is 1.85 bits per heavy atom. The van der Waals surface area contributed by atoms with Crippen molar-refractivity contribution < 1.29 is 9.47 Å². The molecule has 0 fully saturated rings. The number of aromatic nitrogens is 1. The molecule has 1 N–H and O–H groups in total. The van der Waals surface area contributed by atoms with Crippen LogP contribution in [0.5, 0.6) is 11.5 Å². The molecule has 27 heavy (non-hydrogen) atoms. The molecule has 0 radical (unpaired) electrons. The normalized spacial score (nSPS) is 10.6. The molecule has 3 rings (SSSR count). The quantitative estimate of drug-likeness (QED) is 0.557. The summed E-state index contributed by atoms with van der Waals surface area (Å²) in [5, 5.41) is 4.56. The molecule has 6 heteroatoms. The van der Waals surface area contributed by atoms with Gasteiger partial charge in [0.25, 0.3) is 0 Å². The fraction of sp³-hybridized carbons (Fsp3) is 0.190. The van der Waals surface area contributed by atoms with E-state index in [0.29, 0.717) is 41.2 Å². The van der Waals surface area contributed by atoms with Gasteiger partial charge >= 0.3 is 0 Å². The molecule has 0 spiro atoms. The Morgan fingerprint density at radius 1 is 0.963 bits per heavy atom. The highest BCUT2D eigenvalue weighted by Gasteiger charge is 2.12. The minimum absolute atomic E-state index is 0.323. The van der Waals surface area contributed by atoms with E-state index in [2.05, 4.69) is 10.3 Å². The molecular formula is C21H20Cl2N2O2. The highest BCUT2D eigenvalue weighted by molar-refractivity contribution is 6.35. The molecule has 2 aromatic carbocycles. The highest BCUT2D eigenvalue weighted by Crippen LogP contribution is 2.32. The van der Waals surface area contributed by atoms with Gasteiger partial charge in [-0.3, -0.25) is 4.98 Å². The summed E-state index contributed by atoms with van der Waals surface area (Å²) < 4.78 is 11.5. The van der Waals surface area contributed by atoms with Gasteiger partial charge in [0.05, 0.1) is 12.8 Å². The van der Waals surface area contributed by atoms with Gasteiger partial charge in [-0.15, -0.1) is 0 Å². The Bertz CT molecular complexity index is 889. The van der Waals surface area contributed by atoms with Crippen LogP contribution in [0.15, 0.2) is 60.8 Å². The van der Waals surface area contributed by atoms with Gasteiger partial charge in [-0.1, -0.05) is 47.5 Å². The van der Waals surface area contributed by atoms with Crippen LogP contribution >= 0.6 is 23.2 Å². The molecule has 0 bridgehead atoms. The van der Waals surface area contributed by atoms with Crippen molar-refractivity contribution in [1.82, 2.24) is 10.3 Å². The topological polar surface area (TPSA) is 43.4 Å². The third-order valence-electron chi connectivity index (χ3n) is 4.02. The first kappa shape index (κ1) is 19.5. The molecule has 0 atom stereocenters. The molecule has 3 aromatic rings. The minimum atomic E-state index is 0.323. The lowest BCUT2D eigenvalue weighted by Crippen LogP contribution is -2.14. The summed E-state index contributed by atoms with van der Waals surface area (Å²) in [6.07, 6.45) is 1.78. The third-order valence-corrected chi connectivity index (χ3v) is 4.60.